The fraction of sp³-hybridized carbons (Fsp3) is 0.0556. The highest BCUT2D eigenvalue weighted by Gasteiger charge is 2.37. The van der Waals surface area contributed by atoms with E-state index >= 15 is 0 Å². The highest BCUT2D eigenvalue weighted by atomic mass is 32.1. The first-order valence-corrected chi connectivity index (χ1v) is 8.83. The number of nitrogens with zero attached hydrogens (tertiary/aromatic N) is 2. The number of nitrogens with one attached hydrogen (secondary N) is 3. The molecule has 0 radical (unpaired) electrons. The van der Waals surface area contributed by atoms with Crippen LogP contribution in [-0.2, 0) is 6.18 Å². The summed E-state index contributed by atoms with van der Waals surface area (Å²) in [7, 11) is 0. The Hall–Kier alpha value is -4.00. The van der Waals surface area contributed by atoms with E-state index in [9.17, 15) is 33.4 Å². The standard InChI is InChI=1S/C18H12F3N5O4S/c19-18(20,21)11-8-14(25(27)28)16(15(9-11)26(29)30)23-24-17(31)22-13-7-3-5-10-4-1-2-6-12(10)13/h1-9,23H,(H2,22,24,31). The Labute approximate surface area is 177 Å². The van der Waals surface area contributed by atoms with Crippen LogP contribution >= 0.6 is 12.2 Å². The van der Waals surface area contributed by atoms with Crippen molar-refractivity contribution in [3.8, 4) is 0 Å². The number of benzene rings is 3. The molecule has 0 saturated carbocycles. The van der Waals surface area contributed by atoms with Gasteiger partial charge in [0.2, 0.25) is 5.69 Å². The molecule has 160 valence electrons. The highest BCUT2D eigenvalue weighted by molar-refractivity contribution is 7.80. The Morgan fingerprint density at radius 3 is 2.10 bits per heavy atom. The van der Waals surface area contributed by atoms with Crippen LogP contribution in [0.5, 0.6) is 0 Å². The third kappa shape index (κ3) is 4.78. The monoisotopic (exact) mass is 451 g/mol. The topological polar surface area (TPSA) is 122 Å². The number of halogens is 3. The van der Waals surface area contributed by atoms with Gasteiger partial charge in [0.15, 0.2) is 5.11 Å². The Morgan fingerprint density at radius 1 is 0.935 bits per heavy atom. The maximum Gasteiger partial charge on any atom is 0.416 e. The lowest BCUT2D eigenvalue weighted by Gasteiger charge is -2.15. The molecular weight excluding hydrogens is 439 g/mol. The lowest BCUT2D eigenvalue weighted by atomic mass is 10.1. The van der Waals surface area contributed by atoms with Crippen LogP contribution in [0.25, 0.3) is 10.8 Å². The summed E-state index contributed by atoms with van der Waals surface area (Å²) in [5.74, 6) is 0. The molecule has 3 aromatic carbocycles. The smallest absolute Gasteiger partial charge is 0.331 e. The van der Waals surface area contributed by atoms with Crippen LogP contribution in [0, 0.1) is 20.2 Å². The summed E-state index contributed by atoms with van der Waals surface area (Å²) in [5, 5.41) is 26.9. The molecule has 9 nitrogen and oxygen atoms in total. The minimum Gasteiger partial charge on any atom is -0.331 e. The molecule has 0 aliphatic heterocycles. The fourth-order valence-corrected chi connectivity index (χ4v) is 2.96. The summed E-state index contributed by atoms with van der Waals surface area (Å²) in [6.45, 7) is 0. The van der Waals surface area contributed by atoms with Crippen LogP contribution in [-0.4, -0.2) is 15.0 Å². The maximum atomic E-state index is 13.0. The van der Waals surface area contributed by atoms with Gasteiger partial charge in [-0.1, -0.05) is 36.4 Å². The van der Waals surface area contributed by atoms with E-state index in [4.69, 9.17) is 12.2 Å². The molecular formula is C18H12F3N5O4S. The van der Waals surface area contributed by atoms with Crippen molar-refractivity contribution in [1.82, 2.24) is 5.43 Å². The molecule has 0 atom stereocenters. The van der Waals surface area contributed by atoms with Gasteiger partial charge in [0.05, 0.1) is 15.4 Å². The normalized spacial score (nSPS) is 11.1. The molecule has 0 unspecified atom stereocenters. The third-order valence-electron chi connectivity index (χ3n) is 4.16. The minimum absolute atomic E-state index is 0.125. The minimum atomic E-state index is -5.01. The van der Waals surface area contributed by atoms with Crippen molar-refractivity contribution >= 4 is 50.9 Å². The van der Waals surface area contributed by atoms with Gasteiger partial charge in [0.25, 0.3) is 0 Å². The molecule has 0 heterocycles. The fourth-order valence-electron chi connectivity index (χ4n) is 2.80. The zero-order valence-corrected chi connectivity index (χ0v) is 16.1. The molecule has 0 bridgehead atoms. The van der Waals surface area contributed by atoms with Gasteiger partial charge in [0, 0.05) is 23.2 Å². The quantitative estimate of drug-likeness (QED) is 0.282. The van der Waals surface area contributed by atoms with Crippen molar-refractivity contribution in [2.24, 2.45) is 0 Å². The second-order valence-corrected chi connectivity index (χ2v) is 6.54. The molecule has 0 saturated heterocycles. The lowest BCUT2D eigenvalue weighted by molar-refractivity contribution is -0.392. The number of hydrogen-bond acceptors (Lipinski definition) is 6. The molecule has 0 amide bonds. The zero-order valence-electron chi connectivity index (χ0n) is 15.3. The van der Waals surface area contributed by atoms with E-state index in [0.29, 0.717) is 5.69 Å². The maximum absolute atomic E-state index is 13.0. The zero-order chi connectivity index (χ0) is 22.8. The summed E-state index contributed by atoms with van der Waals surface area (Å²) >= 11 is 5.10. The molecule has 0 aromatic heterocycles. The Kier molecular flexibility index (Phi) is 5.88. The summed E-state index contributed by atoms with van der Waals surface area (Å²) in [6.07, 6.45) is -5.01. The second-order valence-electron chi connectivity index (χ2n) is 6.13. The predicted octanol–water partition coefficient (Wildman–Crippen LogP) is 4.99. The first kappa shape index (κ1) is 21.7. The van der Waals surface area contributed by atoms with E-state index in [-0.39, 0.29) is 17.2 Å². The lowest BCUT2D eigenvalue weighted by Crippen LogP contribution is -2.34. The van der Waals surface area contributed by atoms with E-state index in [2.05, 4.69) is 16.2 Å². The average Bonchev–Trinajstić information content (AvgIpc) is 2.71. The van der Waals surface area contributed by atoms with Gasteiger partial charge in [-0.15, -0.1) is 0 Å². The Morgan fingerprint density at radius 2 is 1.52 bits per heavy atom. The van der Waals surface area contributed by atoms with Crippen LogP contribution < -0.4 is 16.2 Å². The number of anilines is 2. The van der Waals surface area contributed by atoms with Crippen LogP contribution in [0.3, 0.4) is 0 Å². The number of fused-ring (bicyclic) bond motifs is 1. The first-order valence-electron chi connectivity index (χ1n) is 8.42. The second kappa shape index (κ2) is 8.39. The van der Waals surface area contributed by atoms with E-state index in [0.717, 1.165) is 10.8 Å². The van der Waals surface area contributed by atoms with Gasteiger partial charge in [-0.05, 0) is 23.7 Å². The largest absolute Gasteiger partial charge is 0.416 e. The predicted molar refractivity (Wildman–Crippen MR) is 112 cm³/mol. The van der Waals surface area contributed by atoms with E-state index in [1.165, 1.54) is 0 Å². The van der Waals surface area contributed by atoms with Crippen molar-refractivity contribution in [3.63, 3.8) is 0 Å². The van der Waals surface area contributed by atoms with E-state index in [1.54, 1.807) is 18.2 Å². The number of alkyl halides is 3. The SMILES string of the molecule is O=[N+]([O-])c1cc(C(F)(F)F)cc([N+](=O)[O-])c1NNC(=S)Nc1cccc2ccccc12. The van der Waals surface area contributed by atoms with Gasteiger partial charge in [-0.2, -0.15) is 13.2 Å². The van der Waals surface area contributed by atoms with Crippen LogP contribution in [0.2, 0.25) is 0 Å². The molecule has 0 spiro atoms. The molecule has 3 aromatic rings. The van der Waals surface area contributed by atoms with E-state index in [1.807, 2.05) is 24.3 Å². The summed E-state index contributed by atoms with van der Waals surface area (Å²) < 4.78 is 38.9. The number of hydrazine groups is 1. The number of nitro groups is 2. The van der Waals surface area contributed by atoms with E-state index < -0.39 is 38.6 Å². The number of hydrogen-bond donors (Lipinski definition) is 3. The van der Waals surface area contributed by atoms with Crippen molar-refractivity contribution in [3.05, 3.63) is 80.4 Å². The van der Waals surface area contributed by atoms with Gasteiger partial charge < -0.3 is 5.32 Å². The van der Waals surface area contributed by atoms with Crippen molar-refractivity contribution < 1.29 is 23.0 Å². The number of thiocarbonyl (C=S) groups is 1. The molecule has 3 N–H and O–H groups in total. The van der Waals surface area contributed by atoms with Gasteiger partial charge in [-0.3, -0.25) is 31.1 Å². The molecule has 0 aliphatic rings. The summed E-state index contributed by atoms with van der Waals surface area (Å²) in [6, 6.07) is 13.1. The molecule has 3 rings (SSSR count). The summed E-state index contributed by atoms with van der Waals surface area (Å²) in [5.41, 5.74) is 0.538. The highest BCUT2D eigenvalue weighted by Crippen LogP contribution is 2.40. The summed E-state index contributed by atoms with van der Waals surface area (Å²) in [4.78, 5) is 20.2. The van der Waals surface area contributed by atoms with Crippen molar-refractivity contribution in [2.45, 2.75) is 6.18 Å². The molecule has 13 heteroatoms. The van der Waals surface area contributed by atoms with Gasteiger partial charge >= 0.3 is 17.6 Å². The molecule has 0 fully saturated rings. The number of rotatable bonds is 5. The van der Waals surface area contributed by atoms with Crippen molar-refractivity contribution in [2.75, 3.05) is 10.7 Å². The number of nitro benzene ring substituents is 2. The first-order chi connectivity index (χ1) is 14.6. The molecule has 31 heavy (non-hydrogen) atoms. The average molecular weight is 451 g/mol. The van der Waals surface area contributed by atoms with Crippen LogP contribution in [0.4, 0.5) is 35.9 Å². The van der Waals surface area contributed by atoms with Crippen LogP contribution in [0.15, 0.2) is 54.6 Å². The Bertz CT molecular complexity index is 1160. The van der Waals surface area contributed by atoms with Gasteiger partial charge in [-0.25, -0.2) is 0 Å². The molecule has 0 aliphatic carbocycles. The van der Waals surface area contributed by atoms with Crippen LogP contribution in [0.1, 0.15) is 5.56 Å². The van der Waals surface area contributed by atoms with Gasteiger partial charge in [0.1, 0.15) is 0 Å². The van der Waals surface area contributed by atoms with Crippen molar-refractivity contribution in [1.29, 1.82) is 0 Å². The Balaban J connectivity index is 1.89. The third-order valence-corrected chi connectivity index (χ3v) is 4.36.